The van der Waals surface area contributed by atoms with E-state index in [0.717, 1.165) is 12.1 Å². The topological polar surface area (TPSA) is 80.3 Å². The second-order valence-corrected chi connectivity index (χ2v) is 5.93. The molecular weight excluding hydrogens is 380 g/mol. The fraction of sp³-hybridized carbons (Fsp3) is 0.0952. The minimum atomic E-state index is -0.865. The Balaban J connectivity index is 1.63. The summed E-state index contributed by atoms with van der Waals surface area (Å²) in [5, 5.41) is 5.40. The molecule has 0 aliphatic heterocycles. The molecule has 0 atom stereocenters. The van der Waals surface area contributed by atoms with Crippen LogP contribution in [-0.4, -0.2) is 23.5 Å². The van der Waals surface area contributed by atoms with E-state index >= 15 is 0 Å². The molecule has 1 aromatic heterocycles. The molecule has 1 heterocycles. The maximum absolute atomic E-state index is 13.6. The molecule has 2 N–H and O–H groups in total. The summed E-state index contributed by atoms with van der Waals surface area (Å²) in [6, 6.07) is 12.6. The molecule has 6 nitrogen and oxygen atoms in total. The highest BCUT2D eigenvalue weighted by Crippen LogP contribution is 2.18. The van der Waals surface area contributed by atoms with Gasteiger partial charge < -0.3 is 15.4 Å². The summed E-state index contributed by atoms with van der Waals surface area (Å²) < 4.78 is 31.5. The number of anilines is 3. The van der Waals surface area contributed by atoms with Gasteiger partial charge in [-0.1, -0.05) is 0 Å². The fourth-order valence-corrected chi connectivity index (χ4v) is 2.44. The molecular formula is C21H17F2N3O3. The summed E-state index contributed by atoms with van der Waals surface area (Å²) in [7, 11) is 0. The lowest BCUT2D eigenvalue weighted by Crippen LogP contribution is -2.13. The predicted molar refractivity (Wildman–Crippen MR) is 104 cm³/mol. The van der Waals surface area contributed by atoms with Crippen molar-refractivity contribution in [1.82, 2.24) is 4.98 Å². The number of ether oxygens (including phenoxy) is 1. The van der Waals surface area contributed by atoms with Crippen molar-refractivity contribution in [1.29, 1.82) is 0 Å². The predicted octanol–water partition coefficient (Wildman–Crippen LogP) is 4.53. The van der Waals surface area contributed by atoms with Crippen LogP contribution in [0.5, 0.6) is 0 Å². The lowest BCUT2D eigenvalue weighted by molar-refractivity contribution is 0.0526. The third kappa shape index (κ3) is 5.13. The number of carbonyl (C=O) groups excluding carboxylic acids is 2. The zero-order valence-electron chi connectivity index (χ0n) is 15.4. The quantitative estimate of drug-likeness (QED) is 0.598. The molecule has 3 aromatic rings. The zero-order valence-corrected chi connectivity index (χ0v) is 15.4. The molecule has 0 saturated heterocycles. The average Bonchev–Trinajstić information content (AvgIpc) is 2.71. The lowest BCUT2D eigenvalue weighted by atomic mass is 10.2. The van der Waals surface area contributed by atoms with Crippen molar-refractivity contribution in [2.24, 2.45) is 0 Å². The molecule has 0 bridgehead atoms. The summed E-state index contributed by atoms with van der Waals surface area (Å²) in [4.78, 5) is 28.0. The Kier molecular flexibility index (Phi) is 6.13. The Labute approximate surface area is 165 Å². The van der Waals surface area contributed by atoms with E-state index in [4.69, 9.17) is 4.74 Å². The SMILES string of the molecule is CCOC(=O)c1ccc(Nc2ccc(C(=O)Nc3ccc(F)cc3F)cn2)cc1. The number of aromatic nitrogens is 1. The first-order valence-corrected chi connectivity index (χ1v) is 8.73. The van der Waals surface area contributed by atoms with Crippen molar-refractivity contribution in [3.05, 3.63) is 83.6 Å². The van der Waals surface area contributed by atoms with Crippen LogP contribution >= 0.6 is 0 Å². The van der Waals surface area contributed by atoms with Gasteiger partial charge in [0.25, 0.3) is 5.91 Å². The molecule has 0 radical (unpaired) electrons. The Hall–Kier alpha value is -3.81. The van der Waals surface area contributed by atoms with Gasteiger partial charge in [0.05, 0.1) is 23.4 Å². The summed E-state index contributed by atoms with van der Waals surface area (Å²) >= 11 is 0. The first kappa shape index (κ1) is 19.9. The first-order chi connectivity index (χ1) is 14.0. The van der Waals surface area contributed by atoms with Crippen molar-refractivity contribution in [2.75, 3.05) is 17.2 Å². The first-order valence-electron chi connectivity index (χ1n) is 8.73. The molecule has 0 fully saturated rings. The van der Waals surface area contributed by atoms with Crippen LogP contribution in [0, 0.1) is 11.6 Å². The van der Waals surface area contributed by atoms with Crippen molar-refractivity contribution >= 4 is 29.1 Å². The third-order valence-electron chi connectivity index (χ3n) is 3.87. The van der Waals surface area contributed by atoms with Gasteiger partial charge in [-0.05, 0) is 55.5 Å². The Morgan fingerprint density at radius 3 is 2.34 bits per heavy atom. The summed E-state index contributed by atoms with van der Waals surface area (Å²) in [5.41, 5.74) is 1.21. The highest BCUT2D eigenvalue weighted by molar-refractivity contribution is 6.04. The maximum atomic E-state index is 13.6. The van der Waals surface area contributed by atoms with Crippen LogP contribution < -0.4 is 10.6 Å². The van der Waals surface area contributed by atoms with E-state index in [1.54, 1.807) is 37.3 Å². The molecule has 8 heteroatoms. The number of hydrogen-bond acceptors (Lipinski definition) is 5. The molecule has 2 aromatic carbocycles. The van der Waals surface area contributed by atoms with Gasteiger partial charge in [0.15, 0.2) is 0 Å². The third-order valence-corrected chi connectivity index (χ3v) is 3.87. The number of nitrogens with one attached hydrogen (secondary N) is 2. The van der Waals surface area contributed by atoms with Crippen LogP contribution in [0.15, 0.2) is 60.8 Å². The molecule has 0 saturated carbocycles. The largest absolute Gasteiger partial charge is 0.462 e. The molecule has 148 valence electrons. The van der Waals surface area contributed by atoms with E-state index < -0.39 is 23.5 Å². The van der Waals surface area contributed by atoms with Gasteiger partial charge >= 0.3 is 5.97 Å². The minimum absolute atomic E-state index is 0.125. The van der Waals surface area contributed by atoms with Gasteiger partial charge in [0.2, 0.25) is 0 Å². The molecule has 0 aliphatic rings. The highest BCUT2D eigenvalue weighted by atomic mass is 19.1. The van der Waals surface area contributed by atoms with E-state index in [1.165, 1.54) is 12.3 Å². The number of rotatable bonds is 6. The van der Waals surface area contributed by atoms with Crippen LogP contribution in [-0.2, 0) is 4.74 Å². The fourth-order valence-electron chi connectivity index (χ4n) is 2.44. The molecule has 3 rings (SSSR count). The monoisotopic (exact) mass is 397 g/mol. The van der Waals surface area contributed by atoms with Crippen molar-refractivity contribution < 1.29 is 23.1 Å². The van der Waals surface area contributed by atoms with E-state index in [2.05, 4.69) is 15.6 Å². The number of esters is 1. The molecule has 29 heavy (non-hydrogen) atoms. The van der Waals surface area contributed by atoms with Crippen molar-refractivity contribution in [3.8, 4) is 0 Å². The summed E-state index contributed by atoms with van der Waals surface area (Å²) in [6.07, 6.45) is 1.33. The minimum Gasteiger partial charge on any atom is -0.462 e. The Morgan fingerprint density at radius 1 is 1.00 bits per heavy atom. The molecule has 0 aliphatic carbocycles. The standard InChI is InChI=1S/C21H17F2N3O3/c1-2-29-21(28)13-3-7-16(8-4-13)25-19-10-5-14(12-24-19)20(27)26-18-9-6-15(22)11-17(18)23/h3-12H,2H2,1H3,(H,24,25)(H,26,27). The normalized spacial score (nSPS) is 10.3. The van der Waals surface area contributed by atoms with Gasteiger partial charge in [0, 0.05) is 18.0 Å². The second kappa shape index (κ2) is 8.92. The lowest BCUT2D eigenvalue weighted by Gasteiger charge is -2.09. The van der Waals surface area contributed by atoms with Gasteiger partial charge in [-0.2, -0.15) is 0 Å². The van der Waals surface area contributed by atoms with E-state index in [0.29, 0.717) is 29.7 Å². The number of benzene rings is 2. The Bertz CT molecular complexity index is 1020. The average molecular weight is 397 g/mol. The van der Waals surface area contributed by atoms with Crippen molar-refractivity contribution in [3.63, 3.8) is 0 Å². The number of nitrogens with zero attached hydrogens (tertiary/aromatic N) is 1. The molecule has 0 unspecified atom stereocenters. The van der Waals surface area contributed by atoms with E-state index in [1.807, 2.05) is 0 Å². The van der Waals surface area contributed by atoms with Crippen LogP contribution in [0.25, 0.3) is 0 Å². The Morgan fingerprint density at radius 2 is 1.72 bits per heavy atom. The van der Waals surface area contributed by atoms with Gasteiger partial charge in [-0.25, -0.2) is 18.6 Å². The van der Waals surface area contributed by atoms with Crippen LogP contribution in [0.3, 0.4) is 0 Å². The van der Waals surface area contributed by atoms with Crippen LogP contribution in [0.2, 0.25) is 0 Å². The summed E-state index contributed by atoms with van der Waals surface area (Å²) in [5.74, 6) is -2.10. The number of carbonyl (C=O) groups is 2. The number of hydrogen-bond donors (Lipinski definition) is 2. The van der Waals surface area contributed by atoms with E-state index in [-0.39, 0.29) is 11.3 Å². The molecule has 0 spiro atoms. The number of amides is 1. The van der Waals surface area contributed by atoms with Crippen molar-refractivity contribution in [2.45, 2.75) is 6.92 Å². The highest BCUT2D eigenvalue weighted by Gasteiger charge is 2.11. The maximum Gasteiger partial charge on any atom is 0.338 e. The van der Waals surface area contributed by atoms with Crippen LogP contribution in [0.1, 0.15) is 27.6 Å². The van der Waals surface area contributed by atoms with Gasteiger partial charge in [0.1, 0.15) is 17.5 Å². The number of pyridine rings is 1. The number of halogens is 2. The molecule has 1 amide bonds. The van der Waals surface area contributed by atoms with Gasteiger partial charge in [-0.3, -0.25) is 4.79 Å². The van der Waals surface area contributed by atoms with Crippen LogP contribution in [0.4, 0.5) is 26.0 Å². The van der Waals surface area contributed by atoms with Gasteiger partial charge in [-0.15, -0.1) is 0 Å². The second-order valence-electron chi connectivity index (χ2n) is 5.93. The zero-order chi connectivity index (χ0) is 20.8. The van der Waals surface area contributed by atoms with E-state index in [9.17, 15) is 18.4 Å². The smallest absolute Gasteiger partial charge is 0.338 e. The summed E-state index contributed by atoms with van der Waals surface area (Å²) in [6.45, 7) is 2.04.